The van der Waals surface area contributed by atoms with Crippen molar-refractivity contribution in [3.63, 3.8) is 0 Å². The lowest BCUT2D eigenvalue weighted by Crippen LogP contribution is -2.17. The van der Waals surface area contributed by atoms with Crippen LogP contribution in [0.15, 0.2) is 48.7 Å². The average Bonchev–Trinajstić information content (AvgIpc) is 2.96. The molecule has 0 saturated heterocycles. The number of hydrogen-bond donors (Lipinski definition) is 0. The van der Waals surface area contributed by atoms with Crippen LogP contribution >= 0.6 is 0 Å². The predicted molar refractivity (Wildman–Crippen MR) is 73.4 cm³/mol. The number of halogens is 5. The van der Waals surface area contributed by atoms with Crippen LogP contribution in [0, 0.1) is 11.6 Å². The third kappa shape index (κ3) is 3.50. The van der Waals surface area contributed by atoms with E-state index in [1.165, 1.54) is 24.4 Å². The van der Waals surface area contributed by atoms with Crippen molar-refractivity contribution in [2.24, 2.45) is 0 Å². The summed E-state index contributed by atoms with van der Waals surface area (Å²) < 4.78 is 66.7. The van der Waals surface area contributed by atoms with Crippen molar-refractivity contribution in [1.82, 2.24) is 15.0 Å². The Morgan fingerprint density at radius 2 is 1.67 bits per heavy atom. The molecule has 0 fully saturated rings. The molecule has 0 aliphatic carbocycles. The van der Waals surface area contributed by atoms with Gasteiger partial charge in [0.05, 0.1) is 11.9 Å². The van der Waals surface area contributed by atoms with Crippen LogP contribution in [0.4, 0.5) is 22.0 Å². The van der Waals surface area contributed by atoms with Crippen LogP contribution in [0.25, 0.3) is 16.9 Å². The quantitative estimate of drug-likeness (QED) is 0.673. The van der Waals surface area contributed by atoms with Crippen molar-refractivity contribution in [3.8, 4) is 22.7 Å². The minimum Gasteiger partial charge on any atom is -0.406 e. The second-order valence-electron chi connectivity index (χ2n) is 4.69. The van der Waals surface area contributed by atoms with Gasteiger partial charge < -0.3 is 4.74 Å². The van der Waals surface area contributed by atoms with E-state index >= 15 is 0 Å². The van der Waals surface area contributed by atoms with Crippen LogP contribution in [0.5, 0.6) is 5.75 Å². The second kappa shape index (κ2) is 5.91. The number of hydrogen-bond acceptors (Lipinski definition) is 3. The average molecular weight is 341 g/mol. The first-order chi connectivity index (χ1) is 11.3. The van der Waals surface area contributed by atoms with Crippen LogP contribution in [-0.2, 0) is 0 Å². The highest BCUT2D eigenvalue weighted by Gasteiger charge is 2.31. The van der Waals surface area contributed by atoms with E-state index in [0.29, 0.717) is 5.69 Å². The van der Waals surface area contributed by atoms with Gasteiger partial charge in [-0.2, -0.15) is 9.90 Å². The number of alkyl halides is 3. The first kappa shape index (κ1) is 15.9. The van der Waals surface area contributed by atoms with Crippen molar-refractivity contribution in [2.75, 3.05) is 0 Å². The van der Waals surface area contributed by atoms with E-state index in [4.69, 9.17) is 0 Å². The first-order valence-corrected chi connectivity index (χ1v) is 6.56. The summed E-state index contributed by atoms with van der Waals surface area (Å²) in [5.74, 6) is -1.90. The van der Waals surface area contributed by atoms with Gasteiger partial charge in [-0.15, -0.1) is 18.3 Å². The SMILES string of the molecule is Fc1ccc(-c2cnn(-c3ccc(OC(F)(F)F)cc3)n2)c(F)c1. The fraction of sp³-hybridized carbons (Fsp3) is 0.0667. The minimum atomic E-state index is -4.78. The lowest BCUT2D eigenvalue weighted by atomic mass is 10.1. The third-order valence-corrected chi connectivity index (χ3v) is 3.00. The molecule has 0 bridgehead atoms. The molecule has 0 aliphatic heterocycles. The summed E-state index contributed by atoms with van der Waals surface area (Å²) in [6.45, 7) is 0. The Labute approximate surface area is 132 Å². The molecule has 1 heterocycles. The molecule has 0 unspecified atom stereocenters. The fourth-order valence-corrected chi connectivity index (χ4v) is 1.99. The molecule has 0 radical (unpaired) electrons. The number of ether oxygens (including phenoxy) is 1. The van der Waals surface area contributed by atoms with Crippen molar-refractivity contribution in [1.29, 1.82) is 0 Å². The van der Waals surface area contributed by atoms with Gasteiger partial charge in [-0.1, -0.05) is 0 Å². The second-order valence-corrected chi connectivity index (χ2v) is 4.69. The Bertz CT molecular complexity index is 858. The predicted octanol–water partition coefficient (Wildman–Crippen LogP) is 4.11. The van der Waals surface area contributed by atoms with Crippen molar-refractivity contribution in [2.45, 2.75) is 6.36 Å². The number of nitrogens with zero attached hydrogens (tertiary/aromatic N) is 3. The number of rotatable bonds is 3. The summed E-state index contributed by atoms with van der Waals surface area (Å²) in [5, 5.41) is 7.94. The monoisotopic (exact) mass is 341 g/mol. The van der Waals surface area contributed by atoms with Crippen molar-refractivity contribution < 1.29 is 26.7 Å². The molecule has 1 aromatic heterocycles. The standard InChI is InChI=1S/C15H8F5N3O/c16-9-1-6-12(13(17)7-9)14-8-21-23(22-14)10-2-4-11(5-3-10)24-15(18,19)20/h1-8H. The summed E-state index contributed by atoms with van der Waals surface area (Å²) in [7, 11) is 0. The van der Waals surface area contributed by atoms with Crippen LogP contribution < -0.4 is 4.74 Å². The van der Waals surface area contributed by atoms with Gasteiger partial charge in [0.15, 0.2) is 0 Å². The summed E-state index contributed by atoms with van der Waals surface area (Å²) in [6.07, 6.45) is -3.52. The molecular weight excluding hydrogens is 333 g/mol. The molecule has 3 aromatic rings. The van der Waals surface area contributed by atoms with Gasteiger partial charge in [0.25, 0.3) is 0 Å². The van der Waals surface area contributed by atoms with Crippen molar-refractivity contribution >= 4 is 0 Å². The Morgan fingerprint density at radius 3 is 2.29 bits per heavy atom. The summed E-state index contributed by atoms with van der Waals surface area (Å²) in [5.41, 5.74) is 0.557. The highest BCUT2D eigenvalue weighted by molar-refractivity contribution is 5.58. The molecule has 9 heteroatoms. The van der Waals surface area contributed by atoms with Crippen LogP contribution in [0.1, 0.15) is 0 Å². The Hall–Kier alpha value is -2.97. The highest BCUT2D eigenvalue weighted by atomic mass is 19.4. The number of benzene rings is 2. The molecule has 0 atom stereocenters. The molecule has 4 nitrogen and oxygen atoms in total. The molecule has 2 aromatic carbocycles. The summed E-state index contributed by atoms with van der Waals surface area (Å²) >= 11 is 0. The lowest BCUT2D eigenvalue weighted by molar-refractivity contribution is -0.274. The zero-order chi connectivity index (χ0) is 17.3. The van der Waals surface area contributed by atoms with Gasteiger partial charge in [0.1, 0.15) is 23.1 Å². The van der Waals surface area contributed by atoms with Crippen LogP contribution in [-0.4, -0.2) is 21.4 Å². The van der Waals surface area contributed by atoms with Gasteiger partial charge in [0, 0.05) is 11.6 Å². The molecule has 0 N–H and O–H groups in total. The number of aromatic nitrogens is 3. The van der Waals surface area contributed by atoms with E-state index in [0.717, 1.165) is 29.1 Å². The zero-order valence-electron chi connectivity index (χ0n) is 11.8. The smallest absolute Gasteiger partial charge is 0.406 e. The van der Waals surface area contributed by atoms with E-state index in [9.17, 15) is 22.0 Å². The van der Waals surface area contributed by atoms with E-state index < -0.39 is 18.0 Å². The molecule has 0 saturated carbocycles. The normalized spacial score (nSPS) is 11.5. The van der Waals surface area contributed by atoms with E-state index in [2.05, 4.69) is 14.9 Å². The van der Waals surface area contributed by atoms with Gasteiger partial charge in [-0.25, -0.2) is 8.78 Å². The summed E-state index contributed by atoms with van der Waals surface area (Å²) in [4.78, 5) is 1.11. The van der Waals surface area contributed by atoms with Crippen molar-refractivity contribution in [3.05, 3.63) is 60.3 Å². The molecule has 124 valence electrons. The molecule has 3 rings (SSSR count). The first-order valence-electron chi connectivity index (χ1n) is 6.56. The topological polar surface area (TPSA) is 39.9 Å². The lowest BCUT2D eigenvalue weighted by Gasteiger charge is -2.08. The van der Waals surface area contributed by atoms with E-state index in [1.807, 2.05) is 0 Å². The Kier molecular flexibility index (Phi) is 3.92. The molecule has 0 aliphatic rings. The van der Waals surface area contributed by atoms with Gasteiger partial charge in [-0.05, 0) is 36.4 Å². The summed E-state index contributed by atoms with van der Waals surface area (Å²) in [6, 6.07) is 7.85. The minimum absolute atomic E-state index is 0.0553. The van der Waals surface area contributed by atoms with Crippen LogP contribution in [0.3, 0.4) is 0 Å². The molecular formula is C15H8F5N3O. The maximum atomic E-state index is 13.7. The molecule has 24 heavy (non-hydrogen) atoms. The maximum absolute atomic E-state index is 13.7. The Morgan fingerprint density at radius 1 is 0.958 bits per heavy atom. The largest absolute Gasteiger partial charge is 0.573 e. The zero-order valence-corrected chi connectivity index (χ0v) is 11.8. The van der Waals surface area contributed by atoms with E-state index in [-0.39, 0.29) is 17.0 Å². The third-order valence-electron chi connectivity index (χ3n) is 3.00. The fourth-order valence-electron chi connectivity index (χ4n) is 1.99. The Balaban J connectivity index is 1.85. The van der Waals surface area contributed by atoms with E-state index in [1.54, 1.807) is 0 Å². The highest BCUT2D eigenvalue weighted by Crippen LogP contribution is 2.24. The van der Waals surface area contributed by atoms with Gasteiger partial charge in [0.2, 0.25) is 0 Å². The van der Waals surface area contributed by atoms with Gasteiger partial charge >= 0.3 is 6.36 Å². The van der Waals surface area contributed by atoms with Crippen LogP contribution in [0.2, 0.25) is 0 Å². The van der Waals surface area contributed by atoms with Gasteiger partial charge in [-0.3, -0.25) is 0 Å². The molecule has 0 spiro atoms. The maximum Gasteiger partial charge on any atom is 0.573 e. The molecule has 0 amide bonds.